The molecule has 3 nitrogen and oxygen atoms in total. The Morgan fingerprint density at radius 3 is 2.53 bits per heavy atom. The lowest BCUT2D eigenvalue weighted by atomic mass is 10.4. The van der Waals surface area contributed by atoms with Crippen LogP contribution >= 0.6 is 0 Å². The van der Waals surface area contributed by atoms with Crippen LogP contribution in [0.5, 0.6) is 0 Å². The van der Waals surface area contributed by atoms with Crippen molar-refractivity contribution in [2.45, 2.75) is 24.0 Å². The summed E-state index contributed by atoms with van der Waals surface area (Å²) >= 11 is 0. The molecule has 0 radical (unpaired) electrons. The Hall–Kier alpha value is -0.750. The minimum atomic E-state index is -3.20. The molecule has 0 saturated heterocycles. The Morgan fingerprint density at radius 1 is 1.35 bits per heavy atom. The first-order chi connectivity index (χ1) is 7.83. The summed E-state index contributed by atoms with van der Waals surface area (Å²) in [6, 6.07) is 5.41. The van der Waals surface area contributed by atoms with Gasteiger partial charge in [-0.2, -0.15) is 0 Å². The molecule has 0 fully saturated rings. The van der Waals surface area contributed by atoms with E-state index in [1.807, 2.05) is 0 Å². The zero-order chi connectivity index (χ0) is 13.1. The Kier molecular flexibility index (Phi) is 4.82. The minimum absolute atomic E-state index is 0.00394. The summed E-state index contributed by atoms with van der Waals surface area (Å²) in [6.45, 7) is 3.17. The summed E-state index contributed by atoms with van der Waals surface area (Å²) in [7, 11) is -4.67. The van der Waals surface area contributed by atoms with Crippen molar-refractivity contribution in [1.29, 1.82) is 0 Å². The molecule has 0 aliphatic carbocycles. The van der Waals surface area contributed by atoms with Gasteiger partial charge in [0.1, 0.15) is 5.82 Å². The molecule has 17 heavy (non-hydrogen) atoms. The maximum Gasteiger partial charge on any atom is 0.153 e. The molecule has 0 amide bonds. The lowest BCUT2D eigenvalue weighted by Gasteiger charge is -2.07. The highest BCUT2D eigenvalue weighted by Gasteiger charge is 2.17. The van der Waals surface area contributed by atoms with Crippen molar-refractivity contribution in [2.24, 2.45) is 0 Å². The predicted octanol–water partition coefficient (Wildman–Crippen LogP) is 1.76. The van der Waals surface area contributed by atoms with Crippen LogP contribution in [0.4, 0.5) is 4.39 Å². The number of sulfone groups is 1. The zero-order valence-electron chi connectivity index (χ0n) is 9.72. The summed E-state index contributed by atoms with van der Waals surface area (Å²) in [6.07, 6.45) is 0. The third-order valence-electron chi connectivity index (χ3n) is 2.33. The third kappa shape index (κ3) is 4.20. The van der Waals surface area contributed by atoms with Crippen LogP contribution in [-0.2, 0) is 20.6 Å². The minimum Gasteiger partial charge on any atom is -0.254 e. The highest BCUT2D eigenvalue weighted by Crippen LogP contribution is 2.10. The fourth-order valence-electron chi connectivity index (χ4n) is 1.15. The molecule has 0 bridgehead atoms. The van der Waals surface area contributed by atoms with Gasteiger partial charge in [-0.05, 0) is 32.0 Å². The van der Waals surface area contributed by atoms with Crippen LogP contribution in [0.2, 0.25) is 0 Å². The van der Waals surface area contributed by atoms with E-state index in [1.165, 1.54) is 18.2 Å². The van der Waals surface area contributed by atoms with Gasteiger partial charge < -0.3 is 0 Å². The first kappa shape index (κ1) is 14.3. The highest BCUT2D eigenvalue weighted by atomic mass is 32.2. The van der Waals surface area contributed by atoms with E-state index in [9.17, 15) is 17.0 Å². The van der Waals surface area contributed by atoms with E-state index in [1.54, 1.807) is 13.8 Å². The number of benzene rings is 1. The summed E-state index contributed by atoms with van der Waals surface area (Å²) in [5.41, 5.74) is 0. The first-order valence-corrected chi connectivity index (χ1v) is 8.22. The summed E-state index contributed by atoms with van der Waals surface area (Å²) in [4.78, 5) is 0.323. The molecular weight excluding hydrogens is 263 g/mol. The van der Waals surface area contributed by atoms with Gasteiger partial charge in [0.2, 0.25) is 0 Å². The van der Waals surface area contributed by atoms with Crippen LogP contribution < -0.4 is 0 Å². The fourth-order valence-corrected chi connectivity index (χ4v) is 3.87. The Balaban J connectivity index is 2.69. The van der Waals surface area contributed by atoms with Crippen molar-refractivity contribution in [3.63, 3.8) is 0 Å². The predicted molar refractivity (Wildman–Crippen MR) is 66.6 cm³/mol. The lowest BCUT2D eigenvalue weighted by molar-refractivity contribution is 0.588. The maximum atomic E-state index is 12.9. The molecule has 0 aromatic heterocycles. The lowest BCUT2D eigenvalue weighted by Crippen LogP contribution is -2.21. The van der Waals surface area contributed by atoms with Crippen molar-refractivity contribution in [2.75, 3.05) is 11.5 Å². The van der Waals surface area contributed by atoms with E-state index in [-0.39, 0.29) is 11.5 Å². The van der Waals surface area contributed by atoms with Gasteiger partial charge in [-0.15, -0.1) is 0 Å². The van der Waals surface area contributed by atoms with Gasteiger partial charge in [-0.25, -0.2) is 12.8 Å². The normalized spacial score (nSPS) is 13.9. The zero-order valence-corrected chi connectivity index (χ0v) is 11.4. The Bertz CT molecular complexity index is 509. The number of hydrogen-bond acceptors (Lipinski definition) is 3. The van der Waals surface area contributed by atoms with Gasteiger partial charge in [0.15, 0.2) is 9.84 Å². The van der Waals surface area contributed by atoms with Crippen molar-refractivity contribution in [3.8, 4) is 0 Å². The van der Waals surface area contributed by atoms with E-state index in [4.69, 9.17) is 0 Å². The molecule has 1 aromatic rings. The van der Waals surface area contributed by atoms with Crippen molar-refractivity contribution < 1.29 is 17.0 Å². The summed E-state index contributed by atoms with van der Waals surface area (Å²) in [5.74, 6) is -0.611. The van der Waals surface area contributed by atoms with Gasteiger partial charge in [-0.3, -0.25) is 4.21 Å². The number of rotatable bonds is 5. The quantitative estimate of drug-likeness (QED) is 0.824. The second kappa shape index (κ2) is 5.73. The molecule has 0 aliphatic rings. The van der Waals surface area contributed by atoms with E-state index < -0.39 is 31.7 Å². The second-order valence-electron chi connectivity index (χ2n) is 3.92. The maximum absolute atomic E-state index is 12.9. The first-order valence-electron chi connectivity index (χ1n) is 5.18. The highest BCUT2D eigenvalue weighted by molar-refractivity contribution is 7.93. The molecule has 0 spiro atoms. The molecule has 0 heterocycles. The van der Waals surface area contributed by atoms with Crippen LogP contribution in [0.3, 0.4) is 0 Å². The Morgan fingerprint density at radius 2 is 2.00 bits per heavy atom. The molecular formula is C11H15FO3S2. The molecule has 1 unspecified atom stereocenters. The van der Waals surface area contributed by atoms with Crippen molar-refractivity contribution in [1.82, 2.24) is 0 Å². The molecule has 0 aliphatic heterocycles. The van der Waals surface area contributed by atoms with Crippen LogP contribution in [0.25, 0.3) is 0 Å². The van der Waals surface area contributed by atoms with Crippen LogP contribution in [0.15, 0.2) is 29.2 Å². The monoisotopic (exact) mass is 278 g/mol. The van der Waals surface area contributed by atoms with Gasteiger partial charge in [0.25, 0.3) is 0 Å². The van der Waals surface area contributed by atoms with E-state index >= 15 is 0 Å². The molecule has 0 saturated carbocycles. The SMILES string of the molecule is CC(C)S(=O)(=O)CCS(=O)c1cccc(F)c1. The third-order valence-corrected chi connectivity index (χ3v) is 6.15. The molecule has 1 atom stereocenters. The Labute approximate surface area is 103 Å². The van der Waals surface area contributed by atoms with Gasteiger partial charge in [0.05, 0.1) is 21.8 Å². The smallest absolute Gasteiger partial charge is 0.153 e. The summed E-state index contributed by atoms with van der Waals surface area (Å²) in [5, 5.41) is -0.480. The molecule has 96 valence electrons. The fraction of sp³-hybridized carbons (Fsp3) is 0.455. The second-order valence-corrected chi connectivity index (χ2v) is 8.17. The van der Waals surface area contributed by atoms with Crippen LogP contribution in [0.1, 0.15) is 13.8 Å². The topological polar surface area (TPSA) is 51.2 Å². The largest absolute Gasteiger partial charge is 0.254 e. The average Bonchev–Trinajstić information content (AvgIpc) is 2.25. The molecule has 1 aromatic carbocycles. The van der Waals surface area contributed by atoms with Crippen LogP contribution in [-0.4, -0.2) is 29.4 Å². The number of hydrogen-bond donors (Lipinski definition) is 0. The van der Waals surface area contributed by atoms with Gasteiger partial charge >= 0.3 is 0 Å². The average molecular weight is 278 g/mol. The molecule has 0 N–H and O–H groups in total. The number of halogens is 1. The van der Waals surface area contributed by atoms with E-state index in [2.05, 4.69) is 0 Å². The van der Waals surface area contributed by atoms with Gasteiger partial charge in [0, 0.05) is 10.6 Å². The standard InChI is InChI=1S/C11H15FO3S2/c1-9(2)17(14,15)7-6-16(13)11-5-3-4-10(12)8-11/h3-5,8-9H,6-7H2,1-2H3. The molecule has 6 heteroatoms. The molecule has 1 rings (SSSR count). The van der Waals surface area contributed by atoms with E-state index in [0.717, 1.165) is 6.07 Å². The van der Waals surface area contributed by atoms with Crippen LogP contribution in [0, 0.1) is 5.82 Å². The van der Waals surface area contributed by atoms with Crippen molar-refractivity contribution >= 4 is 20.6 Å². The van der Waals surface area contributed by atoms with E-state index in [0.29, 0.717) is 4.90 Å². The van der Waals surface area contributed by atoms with Crippen molar-refractivity contribution in [3.05, 3.63) is 30.1 Å². The summed E-state index contributed by atoms with van der Waals surface area (Å²) < 4.78 is 47.7. The van der Waals surface area contributed by atoms with Gasteiger partial charge in [-0.1, -0.05) is 6.07 Å².